The number of carbonyl (C=O) groups is 2. The van der Waals surface area contributed by atoms with Gasteiger partial charge in [0.05, 0.1) is 56.1 Å². The smallest absolute Gasteiger partial charge is 0.276 e. The van der Waals surface area contributed by atoms with Crippen LogP contribution in [0.15, 0.2) is 43.1 Å². The maximum Gasteiger partial charge on any atom is 0.276 e. The predicted molar refractivity (Wildman–Crippen MR) is 151 cm³/mol. The van der Waals surface area contributed by atoms with Crippen molar-refractivity contribution in [1.29, 1.82) is 0 Å². The van der Waals surface area contributed by atoms with E-state index in [4.69, 9.17) is 42.4 Å². The molecule has 40 heavy (non-hydrogen) atoms. The normalized spacial score (nSPS) is 18.3. The molecule has 3 atom stereocenters. The molecule has 2 aromatic carbocycles. The number of hydrogen-bond donors (Lipinski definition) is 2. The molecule has 13 heteroatoms. The fourth-order valence-electron chi connectivity index (χ4n) is 4.77. The van der Waals surface area contributed by atoms with Crippen molar-refractivity contribution >= 4 is 51.9 Å². The number of nitrogens with one attached hydrogen (secondary N) is 2. The van der Waals surface area contributed by atoms with Crippen LogP contribution in [-0.2, 0) is 19.3 Å². The first kappa shape index (κ1) is 29.3. The zero-order valence-corrected chi connectivity index (χ0v) is 23.9. The Balaban J connectivity index is 1.61. The number of benzene rings is 2. The van der Waals surface area contributed by atoms with E-state index in [0.29, 0.717) is 51.4 Å². The molecule has 1 heterocycles. The number of aromatic nitrogens is 2. The highest BCUT2D eigenvalue weighted by Gasteiger charge is 2.41. The number of carbonyl (C=O) groups excluding carboxylic acids is 2. The summed E-state index contributed by atoms with van der Waals surface area (Å²) in [5.41, 5.74) is 1.95. The fraction of sp³-hybridized carbons (Fsp3) is 0.333. The minimum absolute atomic E-state index is 0.339. The Labute approximate surface area is 241 Å². The summed E-state index contributed by atoms with van der Waals surface area (Å²) in [5, 5.41) is 8.41. The van der Waals surface area contributed by atoms with Gasteiger partial charge in [0.25, 0.3) is 5.91 Å². The molecular weight excluding hydrogens is 561 g/mol. The molecule has 0 bridgehead atoms. The molecule has 1 saturated carbocycles. The topological polar surface area (TPSA) is 124 Å². The maximum absolute atomic E-state index is 12.8. The molecule has 0 unspecified atom stereocenters. The van der Waals surface area contributed by atoms with Crippen LogP contribution in [0.2, 0.25) is 10.0 Å². The Kier molecular flexibility index (Phi) is 9.31. The molecule has 4 rings (SSSR count). The van der Waals surface area contributed by atoms with Gasteiger partial charge < -0.3 is 20.1 Å². The van der Waals surface area contributed by atoms with Crippen LogP contribution in [-0.4, -0.2) is 67.5 Å². The fourth-order valence-corrected chi connectivity index (χ4v) is 5.49. The lowest BCUT2D eigenvalue weighted by molar-refractivity contribution is -0.319. The SMILES string of the molecule is C=CC(=O)N[C@H]1C[C@@H](C(=O)N(OC)OC)C[C@H]1Nc1ncc2cc(-c3c(Cl)c(OC)cc(OC)c3Cl)ccc2n1. The van der Waals surface area contributed by atoms with E-state index in [1.54, 1.807) is 12.3 Å². The van der Waals surface area contributed by atoms with Crippen molar-refractivity contribution in [2.45, 2.75) is 24.9 Å². The number of ether oxygens (including phenoxy) is 2. The molecule has 212 valence electrons. The third-order valence-electron chi connectivity index (χ3n) is 6.69. The molecule has 2 N–H and O–H groups in total. The first-order chi connectivity index (χ1) is 19.2. The predicted octanol–water partition coefficient (Wildman–Crippen LogP) is 4.43. The summed E-state index contributed by atoms with van der Waals surface area (Å²) in [5.74, 6) is 0.0265. The van der Waals surface area contributed by atoms with E-state index in [-0.39, 0.29) is 23.9 Å². The molecule has 1 aliphatic carbocycles. The number of halogens is 2. The second-order valence-corrected chi connectivity index (χ2v) is 9.71. The van der Waals surface area contributed by atoms with Crippen LogP contribution in [0, 0.1) is 5.92 Å². The van der Waals surface area contributed by atoms with E-state index in [2.05, 4.69) is 27.2 Å². The van der Waals surface area contributed by atoms with Crippen molar-refractivity contribution in [3.8, 4) is 22.6 Å². The maximum atomic E-state index is 12.8. The lowest BCUT2D eigenvalue weighted by atomic mass is 10.0. The second-order valence-electron chi connectivity index (χ2n) is 8.95. The molecular formula is C27H29Cl2N5O6. The quantitative estimate of drug-likeness (QED) is 0.261. The lowest BCUT2D eigenvalue weighted by Crippen LogP contribution is -2.43. The van der Waals surface area contributed by atoms with E-state index in [0.717, 1.165) is 16.2 Å². The molecule has 0 saturated heterocycles. The minimum Gasteiger partial charge on any atom is -0.495 e. The van der Waals surface area contributed by atoms with E-state index < -0.39 is 5.92 Å². The Morgan fingerprint density at radius 2 is 1.68 bits per heavy atom. The third-order valence-corrected chi connectivity index (χ3v) is 7.44. The van der Waals surface area contributed by atoms with E-state index in [9.17, 15) is 9.59 Å². The van der Waals surface area contributed by atoms with Crippen LogP contribution < -0.4 is 20.1 Å². The number of methoxy groups -OCH3 is 2. The van der Waals surface area contributed by atoms with Crippen LogP contribution >= 0.6 is 23.2 Å². The van der Waals surface area contributed by atoms with Gasteiger partial charge in [0, 0.05) is 29.1 Å². The molecule has 1 fully saturated rings. The van der Waals surface area contributed by atoms with Gasteiger partial charge in [-0.05, 0) is 36.6 Å². The van der Waals surface area contributed by atoms with Crippen LogP contribution in [0.5, 0.6) is 11.5 Å². The van der Waals surface area contributed by atoms with E-state index >= 15 is 0 Å². The Morgan fingerprint density at radius 3 is 2.27 bits per heavy atom. The van der Waals surface area contributed by atoms with Crippen LogP contribution in [0.1, 0.15) is 12.8 Å². The molecule has 2 amide bonds. The van der Waals surface area contributed by atoms with Crippen molar-refractivity contribution in [3.63, 3.8) is 0 Å². The lowest BCUT2D eigenvalue weighted by Gasteiger charge is -2.21. The molecule has 11 nitrogen and oxygen atoms in total. The minimum atomic E-state index is -0.468. The summed E-state index contributed by atoms with van der Waals surface area (Å²) in [6.45, 7) is 3.51. The van der Waals surface area contributed by atoms with Gasteiger partial charge in [0.1, 0.15) is 11.5 Å². The van der Waals surface area contributed by atoms with Crippen molar-refractivity contribution in [3.05, 3.63) is 53.2 Å². The summed E-state index contributed by atoms with van der Waals surface area (Å²) in [4.78, 5) is 44.0. The summed E-state index contributed by atoms with van der Waals surface area (Å²) >= 11 is 13.2. The van der Waals surface area contributed by atoms with Crippen molar-refractivity contribution < 1.29 is 28.7 Å². The van der Waals surface area contributed by atoms with Gasteiger partial charge in [-0.25, -0.2) is 19.6 Å². The summed E-state index contributed by atoms with van der Waals surface area (Å²) in [6, 6.07) is 6.43. The average molecular weight is 590 g/mol. The number of amides is 2. The van der Waals surface area contributed by atoms with Crippen molar-refractivity contribution in [2.24, 2.45) is 5.92 Å². The third kappa shape index (κ3) is 5.92. The molecule has 0 spiro atoms. The Hall–Kier alpha value is -3.64. The van der Waals surface area contributed by atoms with Crippen LogP contribution in [0.4, 0.5) is 5.95 Å². The van der Waals surface area contributed by atoms with Crippen LogP contribution in [0.25, 0.3) is 22.0 Å². The first-order valence-electron chi connectivity index (χ1n) is 12.2. The number of hydrogen-bond acceptors (Lipinski definition) is 9. The van der Waals surface area contributed by atoms with Gasteiger partial charge in [-0.2, -0.15) is 0 Å². The highest BCUT2D eigenvalue weighted by molar-refractivity contribution is 6.41. The summed E-state index contributed by atoms with van der Waals surface area (Å²) in [7, 11) is 5.71. The Morgan fingerprint density at radius 1 is 1.02 bits per heavy atom. The average Bonchev–Trinajstić information content (AvgIpc) is 3.35. The van der Waals surface area contributed by atoms with Gasteiger partial charge in [0.2, 0.25) is 11.9 Å². The van der Waals surface area contributed by atoms with Gasteiger partial charge in [-0.3, -0.25) is 9.59 Å². The van der Waals surface area contributed by atoms with Gasteiger partial charge in [-0.15, -0.1) is 0 Å². The molecule has 1 aliphatic rings. The van der Waals surface area contributed by atoms with Gasteiger partial charge in [0.15, 0.2) is 0 Å². The number of fused-ring (bicyclic) bond motifs is 1. The van der Waals surface area contributed by atoms with Crippen molar-refractivity contribution in [2.75, 3.05) is 33.8 Å². The summed E-state index contributed by atoms with van der Waals surface area (Å²) < 4.78 is 10.8. The number of rotatable bonds is 10. The highest BCUT2D eigenvalue weighted by atomic mass is 35.5. The molecule has 0 radical (unpaired) electrons. The zero-order valence-electron chi connectivity index (χ0n) is 22.4. The van der Waals surface area contributed by atoms with Crippen LogP contribution in [0.3, 0.4) is 0 Å². The van der Waals surface area contributed by atoms with Gasteiger partial charge >= 0.3 is 0 Å². The molecule has 3 aromatic rings. The van der Waals surface area contributed by atoms with Crippen molar-refractivity contribution in [1.82, 2.24) is 20.5 Å². The first-order valence-corrected chi connectivity index (χ1v) is 13.0. The number of anilines is 1. The highest BCUT2D eigenvalue weighted by Crippen LogP contribution is 2.46. The summed E-state index contributed by atoms with van der Waals surface area (Å²) in [6.07, 6.45) is 3.60. The number of hydroxylamine groups is 2. The van der Waals surface area contributed by atoms with E-state index in [1.165, 1.54) is 34.5 Å². The Bertz CT molecular complexity index is 1410. The zero-order chi connectivity index (χ0) is 29.0. The monoisotopic (exact) mass is 589 g/mol. The second kappa shape index (κ2) is 12.7. The van der Waals surface area contributed by atoms with E-state index in [1.807, 2.05) is 18.2 Å². The molecule has 1 aromatic heterocycles. The van der Waals surface area contributed by atoms with Gasteiger partial charge in [-0.1, -0.05) is 41.1 Å². The number of nitrogens with zero attached hydrogens (tertiary/aromatic N) is 3. The largest absolute Gasteiger partial charge is 0.495 e. The standard InChI is InChI=1S/C27H29Cl2N5O6/c1-6-22(35)31-18-10-15(26(36)34(39-4)40-5)11-19(18)33-27-30-13-16-9-14(7-8-17(16)32-27)23-24(28)20(37-2)12-21(38-3)25(23)29/h6-9,12-13,15,18-19H,1,10-11H2,2-5H3,(H,31,35)(H,30,32,33)/t15-,18+,19-/m1/s1. The molecule has 0 aliphatic heterocycles.